The number of likely N-dealkylation sites (tertiary alicyclic amines) is 2. The minimum atomic E-state index is -0.0268. The molecule has 3 fully saturated rings. The van der Waals surface area contributed by atoms with Crippen molar-refractivity contribution in [1.29, 1.82) is 0 Å². The van der Waals surface area contributed by atoms with Crippen LogP contribution < -0.4 is 0 Å². The van der Waals surface area contributed by atoms with Gasteiger partial charge in [0.25, 0.3) is 0 Å². The number of fused-ring (bicyclic) bond motifs is 1. The lowest BCUT2D eigenvalue weighted by Crippen LogP contribution is -2.38. The van der Waals surface area contributed by atoms with Crippen molar-refractivity contribution in [3.8, 4) is 0 Å². The molecule has 3 atom stereocenters. The Balaban J connectivity index is 1.38. The van der Waals surface area contributed by atoms with Gasteiger partial charge in [-0.3, -0.25) is 9.59 Å². The van der Waals surface area contributed by atoms with E-state index in [2.05, 4.69) is 4.98 Å². The Morgan fingerprint density at radius 2 is 2.30 bits per heavy atom. The van der Waals surface area contributed by atoms with Crippen molar-refractivity contribution in [2.75, 3.05) is 32.8 Å². The van der Waals surface area contributed by atoms with Crippen molar-refractivity contribution in [2.24, 2.45) is 17.8 Å². The predicted molar refractivity (Wildman–Crippen MR) is 84.8 cm³/mol. The van der Waals surface area contributed by atoms with Gasteiger partial charge in [-0.05, 0) is 13.3 Å². The van der Waals surface area contributed by atoms with Crippen LogP contribution in [0, 0.1) is 24.7 Å². The van der Waals surface area contributed by atoms with Crippen molar-refractivity contribution in [2.45, 2.75) is 19.9 Å². The maximum Gasteiger partial charge on any atom is 0.228 e. The zero-order chi connectivity index (χ0) is 16.0. The molecule has 0 aromatic carbocycles. The quantitative estimate of drug-likeness (QED) is 0.823. The first-order chi connectivity index (χ1) is 11.1. The number of aryl methyl sites for hydroxylation is 1. The van der Waals surface area contributed by atoms with Gasteiger partial charge in [-0.2, -0.15) is 0 Å². The first-order valence-electron chi connectivity index (χ1n) is 8.18. The van der Waals surface area contributed by atoms with Gasteiger partial charge < -0.3 is 14.5 Å². The molecule has 3 aliphatic heterocycles. The van der Waals surface area contributed by atoms with Gasteiger partial charge in [-0.25, -0.2) is 4.98 Å². The van der Waals surface area contributed by atoms with Gasteiger partial charge in [0, 0.05) is 37.5 Å². The first kappa shape index (κ1) is 15.1. The van der Waals surface area contributed by atoms with E-state index in [4.69, 9.17) is 4.74 Å². The van der Waals surface area contributed by atoms with Crippen LogP contribution in [0.2, 0.25) is 0 Å². The number of carbonyl (C=O) groups excluding carboxylic acids is 2. The van der Waals surface area contributed by atoms with Crippen molar-refractivity contribution in [3.63, 3.8) is 0 Å². The zero-order valence-corrected chi connectivity index (χ0v) is 14.1. The molecule has 2 amide bonds. The largest absolute Gasteiger partial charge is 0.381 e. The van der Waals surface area contributed by atoms with E-state index in [0.717, 1.165) is 23.7 Å². The zero-order valence-electron chi connectivity index (χ0n) is 13.2. The average Bonchev–Trinajstić information content (AvgIpc) is 3.28. The summed E-state index contributed by atoms with van der Waals surface area (Å²) in [6.45, 7) is 5.81. The summed E-state index contributed by atoms with van der Waals surface area (Å²) in [5.74, 6) is 0.595. The fourth-order valence-corrected chi connectivity index (χ4v) is 4.53. The fourth-order valence-electron chi connectivity index (χ4n) is 3.93. The van der Waals surface area contributed by atoms with Crippen molar-refractivity contribution < 1.29 is 14.3 Å². The summed E-state index contributed by atoms with van der Waals surface area (Å²) < 4.78 is 5.31. The molecule has 1 aromatic heterocycles. The van der Waals surface area contributed by atoms with E-state index in [0.29, 0.717) is 32.8 Å². The third kappa shape index (κ3) is 2.76. The van der Waals surface area contributed by atoms with E-state index in [9.17, 15) is 9.59 Å². The molecule has 0 radical (unpaired) electrons. The van der Waals surface area contributed by atoms with Crippen LogP contribution in [-0.2, 0) is 20.9 Å². The minimum Gasteiger partial charge on any atom is -0.381 e. The van der Waals surface area contributed by atoms with Gasteiger partial charge >= 0.3 is 0 Å². The van der Waals surface area contributed by atoms with Crippen molar-refractivity contribution in [1.82, 2.24) is 14.8 Å². The number of carbonyl (C=O) groups is 2. The lowest BCUT2D eigenvalue weighted by molar-refractivity contribution is -0.136. The normalized spacial score (nSPS) is 30.3. The number of rotatable bonds is 3. The van der Waals surface area contributed by atoms with E-state index in [1.165, 1.54) is 0 Å². The SMILES string of the molecule is Cc1nc(CN2C[C@@H]3CN(C(=O)C4CCOC4)C[C@@H]3C2=O)cs1. The minimum absolute atomic E-state index is 0.00184. The second kappa shape index (κ2) is 5.87. The lowest BCUT2D eigenvalue weighted by atomic mass is 10.0. The molecule has 6 nitrogen and oxygen atoms in total. The second-order valence-corrected chi connectivity index (χ2v) is 7.81. The van der Waals surface area contributed by atoms with Crippen LogP contribution in [0.1, 0.15) is 17.1 Å². The standard InChI is InChI=1S/C16H21N3O3S/c1-10-17-13(9-23-10)6-18-4-12-5-19(7-14(12)16(18)21)15(20)11-2-3-22-8-11/h9,11-12,14H,2-8H2,1H3/t11?,12-,14+/m1/s1. The van der Waals surface area contributed by atoms with Gasteiger partial charge in [0.2, 0.25) is 11.8 Å². The molecule has 1 aromatic rings. The lowest BCUT2D eigenvalue weighted by Gasteiger charge is -2.23. The van der Waals surface area contributed by atoms with Crippen molar-refractivity contribution >= 4 is 23.2 Å². The van der Waals surface area contributed by atoms with Crippen LogP contribution >= 0.6 is 11.3 Å². The van der Waals surface area contributed by atoms with Crippen LogP contribution in [-0.4, -0.2) is 59.4 Å². The number of amides is 2. The van der Waals surface area contributed by atoms with E-state index < -0.39 is 0 Å². The van der Waals surface area contributed by atoms with Crippen LogP contribution in [0.4, 0.5) is 0 Å². The molecule has 124 valence electrons. The highest BCUT2D eigenvalue weighted by Gasteiger charge is 2.48. The molecule has 0 bridgehead atoms. The third-order valence-corrected chi connectivity index (χ3v) is 5.96. The summed E-state index contributed by atoms with van der Waals surface area (Å²) in [7, 11) is 0. The molecule has 4 heterocycles. The highest BCUT2D eigenvalue weighted by Crippen LogP contribution is 2.34. The first-order valence-corrected chi connectivity index (χ1v) is 9.06. The topological polar surface area (TPSA) is 62.7 Å². The Kier molecular flexibility index (Phi) is 3.85. The van der Waals surface area contributed by atoms with E-state index in [1.807, 2.05) is 22.1 Å². The van der Waals surface area contributed by atoms with Gasteiger partial charge in [0.1, 0.15) is 0 Å². The number of hydrogen-bond donors (Lipinski definition) is 0. The third-order valence-electron chi connectivity index (χ3n) is 5.13. The van der Waals surface area contributed by atoms with Crippen molar-refractivity contribution in [3.05, 3.63) is 16.1 Å². The van der Waals surface area contributed by atoms with E-state index >= 15 is 0 Å². The molecule has 0 spiro atoms. The Bertz CT molecular complexity index is 626. The second-order valence-electron chi connectivity index (χ2n) is 6.75. The van der Waals surface area contributed by atoms with Crippen LogP contribution in [0.15, 0.2) is 5.38 Å². The van der Waals surface area contributed by atoms with E-state index in [-0.39, 0.29) is 29.6 Å². The number of hydrogen-bond acceptors (Lipinski definition) is 5. The highest BCUT2D eigenvalue weighted by molar-refractivity contribution is 7.09. The summed E-state index contributed by atoms with van der Waals surface area (Å²) in [5, 5.41) is 3.05. The molecule has 0 saturated carbocycles. The highest BCUT2D eigenvalue weighted by atomic mass is 32.1. The Morgan fingerprint density at radius 1 is 1.43 bits per heavy atom. The summed E-state index contributed by atoms with van der Waals surface area (Å²) in [6.07, 6.45) is 0.813. The summed E-state index contributed by atoms with van der Waals surface area (Å²) in [5.41, 5.74) is 0.969. The molecule has 3 aliphatic rings. The molecular weight excluding hydrogens is 314 g/mol. The monoisotopic (exact) mass is 335 g/mol. The molecular formula is C16H21N3O3S. The van der Waals surface area contributed by atoms with Crippen LogP contribution in [0.25, 0.3) is 0 Å². The van der Waals surface area contributed by atoms with Gasteiger partial charge in [-0.1, -0.05) is 0 Å². The number of ether oxygens (including phenoxy) is 1. The van der Waals surface area contributed by atoms with Gasteiger partial charge in [-0.15, -0.1) is 11.3 Å². The van der Waals surface area contributed by atoms with E-state index in [1.54, 1.807) is 11.3 Å². The molecule has 4 rings (SSSR count). The molecule has 0 aliphatic carbocycles. The Morgan fingerprint density at radius 3 is 2.96 bits per heavy atom. The number of nitrogens with zero attached hydrogens (tertiary/aromatic N) is 3. The molecule has 0 N–H and O–H groups in total. The maximum absolute atomic E-state index is 12.6. The van der Waals surface area contributed by atoms with Gasteiger partial charge in [0.15, 0.2) is 0 Å². The Labute approximate surface area is 139 Å². The smallest absolute Gasteiger partial charge is 0.228 e. The predicted octanol–water partition coefficient (Wildman–Crippen LogP) is 0.905. The molecule has 1 unspecified atom stereocenters. The summed E-state index contributed by atoms with van der Waals surface area (Å²) in [4.78, 5) is 33.3. The van der Waals surface area contributed by atoms with Gasteiger partial charge in [0.05, 0.1) is 35.7 Å². The number of aromatic nitrogens is 1. The fraction of sp³-hybridized carbons (Fsp3) is 0.688. The molecule has 7 heteroatoms. The van der Waals surface area contributed by atoms with Crippen LogP contribution in [0.5, 0.6) is 0 Å². The number of thiazole rings is 1. The summed E-state index contributed by atoms with van der Waals surface area (Å²) in [6, 6.07) is 0. The maximum atomic E-state index is 12.6. The molecule has 3 saturated heterocycles. The molecule has 23 heavy (non-hydrogen) atoms. The summed E-state index contributed by atoms with van der Waals surface area (Å²) >= 11 is 1.61. The average molecular weight is 335 g/mol. The Hall–Kier alpha value is -1.47. The van der Waals surface area contributed by atoms with Crippen LogP contribution in [0.3, 0.4) is 0 Å².